The largest absolute Gasteiger partial charge is 0.493 e. The zero-order valence-corrected chi connectivity index (χ0v) is 22.2. The van der Waals surface area contributed by atoms with Gasteiger partial charge in [-0.05, 0) is 28.5 Å². The quantitative estimate of drug-likeness (QED) is 0.285. The number of benzene rings is 3. The Bertz CT molecular complexity index is 1490. The Kier molecular flexibility index (Phi) is 8.72. The number of ether oxygens (including phenoxy) is 3. The number of hydrogen-bond acceptors (Lipinski definition) is 8. The Balaban J connectivity index is 1.40. The minimum atomic E-state index is -0.450. The van der Waals surface area contributed by atoms with E-state index in [1.807, 2.05) is 42.5 Å². The van der Waals surface area contributed by atoms with Crippen LogP contribution < -0.4 is 24.8 Å². The molecule has 0 saturated carbocycles. The van der Waals surface area contributed by atoms with Gasteiger partial charge in [-0.15, -0.1) is 5.10 Å². The highest BCUT2D eigenvalue weighted by molar-refractivity contribution is 5.98. The monoisotopic (exact) mass is 530 g/mol. The molecule has 11 heteroatoms. The molecular formula is C28H30N6O5. The first-order valence-corrected chi connectivity index (χ1v) is 12.2. The number of carbonyl (C=O) groups excluding carboxylic acids is 2. The minimum absolute atomic E-state index is 0.151. The van der Waals surface area contributed by atoms with Crippen LogP contribution in [0.4, 0.5) is 0 Å². The van der Waals surface area contributed by atoms with Crippen LogP contribution in [0.15, 0.2) is 65.8 Å². The fraction of sp³-hybridized carbons (Fsp3) is 0.250. The van der Waals surface area contributed by atoms with Gasteiger partial charge < -0.3 is 24.8 Å². The topological polar surface area (TPSA) is 129 Å². The summed E-state index contributed by atoms with van der Waals surface area (Å²) in [5.41, 5.74) is 1.37. The van der Waals surface area contributed by atoms with Gasteiger partial charge in [0.2, 0.25) is 5.75 Å². The van der Waals surface area contributed by atoms with Crippen LogP contribution in [-0.2, 0) is 6.54 Å². The van der Waals surface area contributed by atoms with Crippen LogP contribution in [0.25, 0.3) is 10.8 Å². The highest BCUT2D eigenvalue weighted by Crippen LogP contribution is 2.39. The Morgan fingerprint density at radius 3 is 2.49 bits per heavy atom. The van der Waals surface area contributed by atoms with E-state index in [2.05, 4.69) is 25.9 Å². The van der Waals surface area contributed by atoms with Crippen molar-refractivity contribution in [1.29, 1.82) is 0 Å². The summed E-state index contributed by atoms with van der Waals surface area (Å²) in [6.45, 7) is 0.534. The highest BCUT2D eigenvalue weighted by atomic mass is 16.5. The van der Waals surface area contributed by atoms with E-state index in [1.165, 1.54) is 32.2 Å². The number of hydrogen-bond donors (Lipinski definition) is 2. The highest BCUT2D eigenvalue weighted by Gasteiger charge is 2.21. The predicted octanol–water partition coefficient (Wildman–Crippen LogP) is 3.06. The summed E-state index contributed by atoms with van der Waals surface area (Å²) >= 11 is 0. The lowest BCUT2D eigenvalue weighted by Crippen LogP contribution is -2.30. The van der Waals surface area contributed by atoms with E-state index >= 15 is 0 Å². The second-order valence-corrected chi connectivity index (χ2v) is 8.43. The first-order valence-electron chi connectivity index (χ1n) is 12.2. The second kappa shape index (κ2) is 12.5. The maximum Gasteiger partial charge on any atom is 0.274 e. The van der Waals surface area contributed by atoms with E-state index in [1.54, 1.807) is 25.4 Å². The molecule has 2 amide bonds. The first-order chi connectivity index (χ1) is 19.0. The molecule has 11 nitrogen and oxygen atoms in total. The van der Waals surface area contributed by atoms with Crippen LogP contribution in [0.1, 0.15) is 32.5 Å². The number of nitrogens with one attached hydrogen (secondary N) is 2. The molecule has 202 valence electrons. The van der Waals surface area contributed by atoms with E-state index in [4.69, 9.17) is 14.2 Å². The molecule has 1 atom stereocenters. The van der Waals surface area contributed by atoms with Crippen LogP contribution in [-0.4, -0.2) is 67.9 Å². The van der Waals surface area contributed by atoms with E-state index in [0.717, 1.165) is 16.3 Å². The van der Waals surface area contributed by atoms with Crippen LogP contribution in [0, 0.1) is 0 Å². The number of amides is 2. The zero-order valence-electron chi connectivity index (χ0n) is 22.2. The molecule has 1 unspecified atom stereocenters. The van der Waals surface area contributed by atoms with Crippen molar-refractivity contribution < 1.29 is 23.8 Å². The first kappa shape index (κ1) is 27.1. The predicted molar refractivity (Wildman–Crippen MR) is 147 cm³/mol. The lowest BCUT2D eigenvalue weighted by Gasteiger charge is -2.16. The number of aliphatic imine (C=N–C) groups is 1. The van der Waals surface area contributed by atoms with E-state index < -0.39 is 11.9 Å². The third kappa shape index (κ3) is 5.98. The molecule has 1 heterocycles. The summed E-state index contributed by atoms with van der Waals surface area (Å²) in [7, 11) is 6.09. The smallest absolute Gasteiger partial charge is 0.274 e. The number of methoxy groups -OCH3 is 3. The van der Waals surface area contributed by atoms with Crippen LogP contribution >= 0.6 is 0 Å². The van der Waals surface area contributed by atoms with Gasteiger partial charge in [0.05, 0.1) is 45.7 Å². The summed E-state index contributed by atoms with van der Waals surface area (Å²) in [5, 5.41) is 15.9. The molecular weight excluding hydrogens is 500 g/mol. The molecule has 0 saturated heterocycles. The number of fused-ring (bicyclic) bond motifs is 1. The molecule has 0 aliphatic heterocycles. The summed E-state index contributed by atoms with van der Waals surface area (Å²) in [5.74, 6) is 0.299. The molecule has 0 fully saturated rings. The van der Waals surface area contributed by atoms with Crippen molar-refractivity contribution in [2.75, 3.05) is 34.9 Å². The SMILES string of the molecule is CN=CC(NC(=O)c1cn(CCNC(=O)c2ccc(OC)c(OC)c2OC)nn1)c1cccc2ccccc12. The Morgan fingerprint density at radius 1 is 0.974 bits per heavy atom. The average Bonchev–Trinajstić information content (AvgIpc) is 3.44. The maximum absolute atomic E-state index is 13.0. The Hall–Kier alpha value is -4.93. The maximum atomic E-state index is 13.0. The van der Waals surface area contributed by atoms with Crippen molar-refractivity contribution in [2.45, 2.75) is 12.6 Å². The van der Waals surface area contributed by atoms with E-state index in [0.29, 0.717) is 23.6 Å². The van der Waals surface area contributed by atoms with E-state index in [-0.39, 0.29) is 23.9 Å². The molecule has 4 aromatic rings. The van der Waals surface area contributed by atoms with Gasteiger partial charge in [-0.25, -0.2) is 4.68 Å². The third-order valence-electron chi connectivity index (χ3n) is 6.09. The third-order valence-corrected chi connectivity index (χ3v) is 6.09. The molecule has 2 N–H and O–H groups in total. The minimum Gasteiger partial charge on any atom is -0.493 e. The van der Waals surface area contributed by atoms with Crippen LogP contribution in [0.3, 0.4) is 0 Å². The number of rotatable bonds is 11. The molecule has 1 aromatic heterocycles. The molecule has 39 heavy (non-hydrogen) atoms. The van der Waals surface area contributed by atoms with E-state index in [9.17, 15) is 9.59 Å². The number of nitrogens with zero attached hydrogens (tertiary/aromatic N) is 4. The van der Waals surface area contributed by atoms with Crippen molar-refractivity contribution in [3.63, 3.8) is 0 Å². The Morgan fingerprint density at radius 2 is 1.74 bits per heavy atom. The lowest BCUT2D eigenvalue weighted by atomic mass is 9.99. The van der Waals surface area contributed by atoms with Crippen molar-refractivity contribution in [1.82, 2.24) is 25.6 Å². The van der Waals surface area contributed by atoms with Gasteiger partial charge in [0.25, 0.3) is 11.8 Å². The Labute approximate surface area is 225 Å². The number of carbonyl (C=O) groups is 2. The average molecular weight is 531 g/mol. The molecule has 0 aliphatic rings. The lowest BCUT2D eigenvalue weighted by molar-refractivity contribution is 0.0936. The van der Waals surface area contributed by atoms with Crippen LogP contribution in [0.5, 0.6) is 17.2 Å². The van der Waals surface area contributed by atoms with Gasteiger partial charge in [-0.2, -0.15) is 0 Å². The summed E-state index contributed by atoms with van der Waals surface area (Å²) in [6.07, 6.45) is 3.21. The van der Waals surface area contributed by atoms with Gasteiger partial charge in [-0.3, -0.25) is 14.6 Å². The summed E-state index contributed by atoms with van der Waals surface area (Å²) in [6, 6.07) is 16.7. The van der Waals surface area contributed by atoms with Gasteiger partial charge >= 0.3 is 0 Å². The fourth-order valence-corrected chi connectivity index (χ4v) is 4.25. The molecule has 0 aliphatic carbocycles. The number of aromatic nitrogens is 3. The van der Waals surface area contributed by atoms with Gasteiger partial charge in [0.15, 0.2) is 17.2 Å². The summed E-state index contributed by atoms with van der Waals surface area (Å²) < 4.78 is 17.5. The van der Waals surface area contributed by atoms with Crippen molar-refractivity contribution in [3.8, 4) is 17.2 Å². The molecule has 0 spiro atoms. The fourth-order valence-electron chi connectivity index (χ4n) is 4.25. The normalized spacial score (nSPS) is 11.8. The van der Waals surface area contributed by atoms with Crippen LogP contribution in [0.2, 0.25) is 0 Å². The standard InChI is InChI=1S/C28H30N6O5/c1-29-16-22(20-11-7-9-18-8-5-6-10-19(18)20)31-28(36)23-17-34(33-32-23)15-14-30-27(35)21-12-13-24(37-2)26(39-4)25(21)38-3/h5-13,16-17,22H,14-15H2,1-4H3,(H,30,35)(H,31,36). The van der Waals surface area contributed by atoms with Gasteiger partial charge in [-0.1, -0.05) is 47.7 Å². The van der Waals surface area contributed by atoms with Crippen molar-refractivity contribution in [3.05, 3.63) is 77.6 Å². The molecule has 0 bridgehead atoms. The van der Waals surface area contributed by atoms with Gasteiger partial charge in [0.1, 0.15) is 0 Å². The van der Waals surface area contributed by atoms with Gasteiger partial charge in [0, 0.05) is 19.8 Å². The molecule has 4 rings (SSSR count). The zero-order chi connectivity index (χ0) is 27.8. The second-order valence-electron chi connectivity index (χ2n) is 8.43. The van der Waals surface area contributed by atoms with Crippen molar-refractivity contribution in [2.24, 2.45) is 4.99 Å². The molecule has 0 radical (unpaired) electrons. The van der Waals surface area contributed by atoms with Crippen molar-refractivity contribution >= 4 is 28.8 Å². The molecule has 3 aromatic carbocycles. The summed E-state index contributed by atoms with van der Waals surface area (Å²) in [4.78, 5) is 29.9.